The number of nitrogens with one attached hydrogen (secondary N) is 1. The van der Waals surface area contributed by atoms with Crippen molar-refractivity contribution in [3.8, 4) is 11.4 Å². The fourth-order valence-electron chi connectivity index (χ4n) is 2.13. The van der Waals surface area contributed by atoms with Crippen LogP contribution >= 0.6 is 0 Å². The van der Waals surface area contributed by atoms with E-state index in [1.165, 1.54) is 4.68 Å². The van der Waals surface area contributed by atoms with Gasteiger partial charge in [-0.15, -0.1) is 0 Å². The predicted octanol–water partition coefficient (Wildman–Crippen LogP) is 2.62. The Morgan fingerprint density at radius 1 is 1.14 bits per heavy atom. The van der Waals surface area contributed by atoms with Gasteiger partial charge in [0, 0.05) is 18.2 Å². The lowest BCUT2D eigenvalue weighted by atomic mass is 10.1. The van der Waals surface area contributed by atoms with Crippen molar-refractivity contribution in [2.75, 3.05) is 0 Å². The Morgan fingerprint density at radius 2 is 1.86 bits per heavy atom. The molecule has 0 fully saturated rings. The Labute approximate surface area is 127 Å². The van der Waals surface area contributed by atoms with Crippen LogP contribution in [-0.2, 0) is 6.42 Å². The molecule has 1 heterocycles. The van der Waals surface area contributed by atoms with Gasteiger partial charge >= 0.3 is 5.69 Å². The first-order valence-corrected chi connectivity index (χ1v) is 7.05. The molecule has 0 aliphatic carbocycles. The van der Waals surface area contributed by atoms with Crippen LogP contribution in [0, 0.1) is 6.92 Å². The molecule has 1 N–H and O–H groups in total. The Balaban J connectivity index is 1.86. The van der Waals surface area contributed by atoms with Gasteiger partial charge in [-0.2, -0.15) is 14.9 Å². The Morgan fingerprint density at radius 3 is 2.59 bits per heavy atom. The van der Waals surface area contributed by atoms with E-state index in [4.69, 9.17) is 0 Å². The van der Waals surface area contributed by atoms with Gasteiger partial charge in [-0.1, -0.05) is 60.2 Å². The molecule has 110 valence electrons. The first-order valence-electron chi connectivity index (χ1n) is 7.05. The molecule has 22 heavy (non-hydrogen) atoms. The molecule has 0 spiro atoms. The fourth-order valence-corrected chi connectivity index (χ4v) is 2.13. The van der Waals surface area contributed by atoms with Crippen molar-refractivity contribution in [2.24, 2.45) is 5.10 Å². The van der Waals surface area contributed by atoms with Crippen LogP contribution < -0.4 is 5.69 Å². The SMILES string of the molecule is Cc1ccc(-c2n[nH]c(=O)n2/N=C/Cc2ccccc2)cc1. The van der Waals surface area contributed by atoms with E-state index in [2.05, 4.69) is 15.3 Å². The summed E-state index contributed by atoms with van der Waals surface area (Å²) in [6.45, 7) is 2.01. The summed E-state index contributed by atoms with van der Waals surface area (Å²) in [6, 6.07) is 17.8. The maximum atomic E-state index is 11.9. The number of aromatic amines is 1. The molecule has 0 aliphatic rings. The molecule has 2 aromatic carbocycles. The van der Waals surface area contributed by atoms with Gasteiger partial charge in [0.25, 0.3) is 0 Å². The van der Waals surface area contributed by atoms with Crippen molar-refractivity contribution in [2.45, 2.75) is 13.3 Å². The highest BCUT2D eigenvalue weighted by Gasteiger charge is 2.09. The van der Waals surface area contributed by atoms with Crippen molar-refractivity contribution in [1.82, 2.24) is 14.9 Å². The normalized spacial score (nSPS) is 11.1. The van der Waals surface area contributed by atoms with Crippen molar-refractivity contribution in [1.29, 1.82) is 0 Å². The van der Waals surface area contributed by atoms with Gasteiger partial charge in [0.1, 0.15) is 0 Å². The number of aromatic nitrogens is 3. The standard InChI is InChI=1S/C17H16N4O/c1-13-7-9-15(10-8-13)16-19-20-17(22)21(16)18-12-11-14-5-3-2-4-6-14/h2-10,12H,11H2,1H3,(H,20,22)/b18-12+. The van der Waals surface area contributed by atoms with Gasteiger partial charge < -0.3 is 0 Å². The zero-order valence-electron chi connectivity index (χ0n) is 12.2. The molecular weight excluding hydrogens is 276 g/mol. The topological polar surface area (TPSA) is 63.0 Å². The first-order chi connectivity index (χ1) is 10.7. The molecule has 0 bridgehead atoms. The minimum Gasteiger partial charge on any atom is -0.244 e. The average Bonchev–Trinajstić information content (AvgIpc) is 2.90. The summed E-state index contributed by atoms with van der Waals surface area (Å²) < 4.78 is 1.29. The van der Waals surface area contributed by atoms with Gasteiger partial charge in [0.05, 0.1) is 0 Å². The summed E-state index contributed by atoms with van der Waals surface area (Å²) in [7, 11) is 0. The number of hydrogen-bond donors (Lipinski definition) is 1. The van der Waals surface area contributed by atoms with Crippen LogP contribution in [-0.4, -0.2) is 21.1 Å². The molecule has 5 nitrogen and oxygen atoms in total. The van der Waals surface area contributed by atoms with Crippen LogP contribution in [0.15, 0.2) is 64.5 Å². The third kappa shape index (κ3) is 3.03. The van der Waals surface area contributed by atoms with Crippen LogP contribution in [0.5, 0.6) is 0 Å². The Hall–Kier alpha value is -2.95. The van der Waals surface area contributed by atoms with Crippen LogP contribution in [0.3, 0.4) is 0 Å². The molecule has 0 atom stereocenters. The monoisotopic (exact) mass is 292 g/mol. The van der Waals surface area contributed by atoms with E-state index in [0.717, 1.165) is 16.7 Å². The van der Waals surface area contributed by atoms with E-state index in [1.54, 1.807) is 6.21 Å². The molecule has 0 aliphatic heterocycles. The second-order valence-corrected chi connectivity index (χ2v) is 5.02. The third-order valence-electron chi connectivity index (χ3n) is 3.33. The molecule has 3 aromatic rings. The van der Waals surface area contributed by atoms with Gasteiger partial charge in [0.2, 0.25) is 0 Å². The molecular formula is C17H16N4O. The largest absolute Gasteiger partial charge is 0.364 e. The van der Waals surface area contributed by atoms with Crippen LogP contribution in [0.4, 0.5) is 0 Å². The summed E-state index contributed by atoms with van der Waals surface area (Å²) >= 11 is 0. The van der Waals surface area contributed by atoms with E-state index in [-0.39, 0.29) is 5.69 Å². The van der Waals surface area contributed by atoms with Crippen molar-refractivity contribution in [3.63, 3.8) is 0 Å². The number of aryl methyl sites for hydroxylation is 1. The van der Waals surface area contributed by atoms with E-state index in [0.29, 0.717) is 12.2 Å². The number of rotatable bonds is 4. The molecule has 0 unspecified atom stereocenters. The molecule has 5 heteroatoms. The second-order valence-electron chi connectivity index (χ2n) is 5.02. The zero-order chi connectivity index (χ0) is 15.4. The number of hydrogen-bond acceptors (Lipinski definition) is 3. The van der Waals surface area contributed by atoms with E-state index in [1.807, 2.05) is 61.5 Å². The Kier molecular flexibility index (Phi) is 3.96. The lowest BCUT2D eigenvalue weighted by Gasteiger charge is -2.01. The smallest absolute Gasteiger partial charge is 0.244 e. The minimum absolute atomic E-state index is 0.347. The third-order valence-corrected chi connectivity index (χ3v) is 3.33. The average molecular weight is 292 g/mol. The molecule has 0 amide bonds. The summed E-state index contributed by atoms with van der Waals surface area (Å²) in [5.41, 5.74) is 2.79. The zero-order valence-corrected chi connectivity index (χ0v) is 12.2. The highest BCUT2D eigenvalue weighted by atomic mass is 16.2. The van der Waals surface area contributed by atoms with Crippen LogP contribution in [0.2, 0.25) is 0 Å². The van der Waals surface area contributed by atoms with Gasteiger partial charge in [-0.25, -0.2) is 9.89 Å². The maximum absolute atomic E-state index is 11.9. The molecule has 0 saturated heterocycles. The number of benzene rings is 2. The van der Waals surface area contributed by atoms with E-state index < -0.39 is 0 Å². The molecule has 0 radical (unpaired) electrons. The summed E-state index contributed by atoms with van der Waals surface area (Å²) in [6.07, 6.45) is 2.37. The number of H-pyrrole nitrogens is 1. The summed E-state index contributed by atoms with van der Waals surface area (Å²) in [5, 5.41) is 10.7. The van der Waals surface area contributed by atoms with E-state index in [9.17, 15) is 4.79 Å². The fraction of sp³-hybridized carbons (Fsp3) is 0.118. The highest BCUT2D eigenvalue weighted by molar-refractivity contribution is 5.62. The minimum atomic E-state index is -0.347. The van der Waals surface area contributed by atoms with Crippen molar-refractivity contribution in [3.05, 3.63) is 76.2 Å². The highest BCUT2D eigenvalue weighted by Crippen LogP contribution is 2.15. The summed E-state index contributed by atoms with van der Waals surface area (Å²) in [5.74, 6) is 0.509. The quantitative estimate of drug-likeness (QED) is 0.751. The van der Waals surface area contributed by atoms with Crippen molar-refractivity contribution < 1.29 is 0 Å². The van der Waals surface area contributed by atoms with Crippen molar-refractivity contribution >= 4 is 6.21 Å². The Bertz CT molecular complexity index is 829. The lowest BCUT2D eigenvalue weighted by Crippen LogP contribution is -2.13. The maximum Gasteiger partial charge on any atom is 0.364 e. The predicted molar refractivity (Wildman–Crippen MR) is 87.1 cm³/mol. The lowest BCUT2D eigenvalue weighted by molar-refractivity contribution is 0.838. The van der Waals surface area contributed by atoms with E-state index >= 15 is 0 Å². The molecule has 1 aromatic heterocycles. The van der Waals surface area contributed by atoms with Gasteiger partial charge in [-0.3, -0.25) is 0 Å². The van der Waals surface area contributed by atoms with Gasteiger partial charge in [0.15, 0.2) is 5.82 Å². The summed E-state index contributed by atoms with van der Waals surface area (Å²) in [4.78, 5) is 11.9. The van der Waals surface area contributed by atoms with Crippen LogP contribution in [0.1, 0.15) is 11.1 Å². The van der Waals surface area contributed by atoms with Crippen LogP contribution in [0.25, 0.3) is 11.4 Å². The second kappa shape index (κ2) is 6.22. The molecule has 0 saturated carbocycles. The van der Waals surface area contributed by atoms with Gasteiger partial charge in [-0.05, 0) is 12.5 Å². The number of nitrogens with zero attached hydrogens (tertiary/aromatic N) is 3. The molecule has 3 rings (SSSR count). The first kappa shape index (κ1) is 14.0.